The van der Waals surface area contributed by atoms with Crippen molar-refractivity contribution in [3.63, 3.8) is 0 Å². The highest BCUT2D eigenvalue weighted by Gasteiger charge is 2.38. The lowest BCUT2D eigenvalue weighted by molar-refractivity contribution is -0.140. The number of nitrogens with one attached hydrogen (secondary N) is 1. The topological polar surface area (TPSA) is 33.7 Å². The molecular formula is C16H32N2O2. The second-order valence-corrected chi connectivity index (χ2v) is 6.17. The Bertz CT molecular complexity index is 258. The molecule has 2 heterocycles. The van der Waals surface area contributed by atoms with Crippen LogP contribution in [0.5, 0.6) is 0 Å². The van der Waals surface area contributed by atoms with Crippen LogP contribution >= 0.6 is 0 Å². The Kier molecular flexibility index (Phi) is 6.75. The molecule has 0 aromatic carbocycles. The second-order valence-electron chi connectivity index (χ2n) is 6.17. The van der Waals surface area contributed by atoms with E-state index in [0.29, 0.717) is 6.04 Å². The SMILES string of the molecule is CCN(CC)CCCNC1CCOC2(CCOCC2)C1. The molecule has 0 amide bonds. The molecule has 1 atom stereocenters. The van der Waals surface area contributed by atoms with Crippen LogP contribution in [0.3, 0.4) is 0 Å². The fourth-order valence-corrected chi connectivity index (χ4v) is 3.44. The Balaban J connectivity index is 1.65. The molecule has 118 valence electrons. The van der Waals surface area contributed by atoms with E-state index < -0.39 is 0 Å². The standard InChI is InChI=1S/C16H32N2O2/c1-3-18(4-2)10-5-9-17-15-6-11-20-16(14-15)7-12-19-13-8-16/h15,17H,3-14H2,1-2H3. The second kappa shape index (κ2) is 8.32. The molecule has 20 heavy (non-hydrogen) atoms. The Labute approximate surface area is 124 Å². The van der Waals surface area contributed by atoms with Gasteiger partial charge in [-0.3, -0.25) is 0 Å². The van der Waals surface area contributed by atoms with Gasteiger partial charge in [0.2, 0.25) is 0 Å². The number of hydrogen-bond donors (Lipinski definition) is 1. The van der Waals surface area contributed by atoms with Crippen molar-refractivity contribution in [2.75, 3.05) is 46.0 Å². The van der Waals surface area contributed by atoms with E-state index in [4.69, 9.17) is 9.47 Å². The molecule has 1 N–H and O–H groups in total. The van der Waals surface area contributed by atoms with Crippen LogP contribution in [0.2, 0.25) is 0 Å². The van der Waals surface area contributed by atoms with Crippen molar-refractivity contribution in [2.24, 2.45) is 0 Å². The van der Waals surface area contributed by atoms with Crippen molar-refractivity contribution in [3.8, 4) is 0 Å². The summed E-state index contributed by atoms with van der Waals surface area (Å²) >= 11 is 0. The van der Waals surface area contributed by atoms with Gasteiger partial charge < -0.3 is 19.7 Å². The first kappa shape index (κ1) is 16.2. The predicted octanol–water partition coefficient (Wildman–Crippen LogP) is 2.04. The lowest BCUT2D eigenvalue weighted by Crippen LogP contribution is -2.50. The maximum absolute atomic E-state index is 6.09. The molecule has 0 bridgehead atoms. The van der Waals surface area contributed by atoms with Gasteiger partial charge in [0.15, 0.2) is 0 Å². The van der Waals surface area contributed by atoms with Gasteiger partial charge in [0.05, 0.1) is 5.60 Å². The summed E-state index contributed by atoms with van der Waals surface area (Å²) in [7, 11) is 0. The molecule has 2 aliphatic rings. The molecule has 1 spiro atoms. The Hall–Kier alpha value is -0.160. The van der Waals surface area contributed by atoms with Gasteiger partial charge >= 0.3 is 0 Å². The quantitative estimate of drug-likeness (QED) is 0.725. The minimum atomic E-state index is 0.118. The third kappa shape index (κ3) is 4.69. The Morgan fingerprint density at radius 1 is 1.15 bits per heavy atom. The summed E-state index contributed by atoms with van der Waals surface area (Å²) < 4.78 is 11.6. The van der Waals surface area contributed by atoms with Gasteiger partial charge in [-0.25, -0.2) is 0 Å². The molecular weight excluding hydrogens is 252 g/mol. The van der Waals surface area contributed by atoms with Crippen LogP contribution in [-0.2, 0) is 9.47 Å². The highest BCUT2D eigenvalue weighted by atomic mass is 16.5. The van der Waals surface area contributed by atoms with Crippen molar-refractivity contribution >= 4 is 0 Å². The third-order valence-corrected chi connectivity index (χ3v) is 4.88. The zero-order valence-electron chi connectivity index (χ0n) is 13.3. The average Bonchev–Trinajstić information content (AvgIpc) is 2.48. The van der Waals surface area contributed by atoms with Crippen molar-refractivity contribution in [2.45, 2.75) is 57.6 Å². The summed E-state index contributed by atoms with van der Waals surface area (Å²) in [6.07, 6.45) is 5.72. The van der Waals surface area contributed by atoms with E-state index in [1.807, 2.05) is 0 Å². The Morgan fingerprint density at radius 2 is 1.90 bits per heavy atom. The van der Waals surface area contributed by atoms with Crippen molar-refractivity contribution in [1.29, 1.82) is 0 Å². The number of hydrogen-bond acceptors (Lipinski definition) is 4. The smallest absolute Gasteiger partial charge is 0.0741 e. The maximum Gasteiger partial charge on any atom is 0.0741 e. The van der Waals surface area contributed by atoms with E-state index >= 15 is 0 Å². The van der Waals surface area contributed by atoms with Crippen LogP contribution in [0.25, 0.3) is 0 Å². The third-order valence-electron chi connectivity index (χ3n) is 4.88. The number of ether oxygens (including phenoxy) is 2. The van der Waals surface area contributed by atoms with Crippen LogP contribution in [0.4, 0.5) is 0 Å². The van der Waals surface area contributed by atoms with E-state index in [9.17, 15) is 0 Å². The maximum atomic E-state index is 6.09. The molecule has 0 aromatic rings. The molecule has 4 heteroatoms. The van der Waals surface area contributed by atoms with E-state index in [0.717, 1.165) is 58.7 Å². The van der Waals surface area contributed by atoms with E-state index in [1.54, 1.807) is 0 Å². The molecule has 2 aliphatic heterocycles. The van der Waals surface area contributed by atoms with Crippen LogP contribution in [0, 0.1) is 0 Å². The normalized spacial score (nSPS) is 26.2. The molecule has 0 aliphatic carbocycles. The minimum Gasteiger partial charge on any atom is -0.381 e. The highest BCUT2D eigenvalue weighted by Crippen LogP contribution is 2.34. The van der Waals surface area contributed by atoms with Gasteiger partial charge in [-0.1, -0.05) is 13.8 Å². The lowest BCUT2D eigenvalue weighted by atomic mass is 9.84. The summed E-state index contributed by atoms with van der Waals surface area (Å²) in [6.45, 7) is 11.8. The number of nitrogens with zero attached hydrogens (tertiary/aromatic N) is 1. The summed E-state index contributed by atoms with van der Waals surface area (Å²) in [4.78, 5) is 2.49. The van der Waals surface area contributed by atoms with Crippen LogP contribution in [0.15, 0.2) is 0 Å². The van der Waals surface area contributed by atoms with Gasteiger partial charge in [-0.2, -0.15) is 0 Å². The molecule has 2 rings (SSSR count). The summed E-state index contributed by atoms with van der Waals surface area (Å²) in [5.74, 6) is 0. The van der Waals surface area contributed by atoms with E-state index in [1.165, 1.54) is 19.4 Å². The van der Waals surface area contributed by atoms with Crippen LogP contribution < -0.4 is 5.32 Å². The van der Waals surface area contributed by atoms with Gasteiger partial charge in [0, 0.05) is 25.9 Å². The van der Waals surface area contributed by atoms with Gasteiger partial charge in [0.1, 0.15) is 0 Å². The summed E-state index contributed by atoms with van der Waals surface area (Å²) in [5, 5.41) is 3.75. The van der Waals surface area contributed by atoms with E-state index in [-0.39, 0.29) is 5.60 Å². The highest BCUT2D eigenvalue weighted by molar-refractivity contribution is 4.91. The molecule has 4 nitrogen and oxygen atoms in total. The predicted molar refractivity (Wildman–Crippen MR) is 82.2 cm³/mol. The van der Waals surface area contributed by atoms with Gasteiger partial charge in [-0.05, 0) is 58.3 Å². The first-order valence-corrected chi connectivity index (χ1v) is 8.45. The monoisotopic (exact) mass is 284 g/mol. The minimum absolute atomic E-state index is 0.118. The summed E-state index contributed by atoms with van der Waals surface area (Å²) in [6, 6.07) is 0.638. The molecule has 2 fully saturated rings. The lowest BCUT2D eigenvalue weighted by Gasteiger charge is -2.43. The van der Waals surface area contributed by atoms with Crippen LogP contribution in [-0.4, -0.2) is 62.5 Å². The zero-order chi connectivity index (χ0) is 14.3. The van der Waals surface area contributed by atoms with Crippen LogP contribution in [0.1, 0.15) is 46.0 Å². The van der Waals surface area contributed by atoms with Gasteiger partial charge in [0.25, 0.3) is 0 Å². The van der Waals surface area contributed by atoms with Crippen molar-refractivity contribution in [3.05, 3.63) is 0 Å². The largest absolute Gasteiger partial charge is 0.381 e. The fourth-order valence-electron chi connectivity index (χ4n) is 3.44. The molecule has 2 saturated heterocycles. The van der Waals surface area contributed by atoms with Crippen molar-refractivity contribution in [1.82, 2.24) is 10.2 Å². The molecule has 0 radical (unpaired) electrons. The molecule has 0 aromatic heterocycles. The average molecular weight is 284 g/mol. The molecule has 0 saturated carbocycles. The zero-order valence-corrected chi connectivity index (χ0v) is 13.3. The fraction of sp³-hybridized carbons (Fsp3) is 1.00. The Morgan fingerprint density at radius 3 is 2.60 bits per heavy atom. The number of rotatable bonds is 7. The van der Waals surface area contributed by atoms with Crippen molar-refractivity contribution < 1.29 is 9.47 Å². The molecule has 1 unspecified atom stereocenters. The van der Waals surface area contributed by atoms with E-state index in [2.05, 4.69) is 24.1 Å². The first-order chi connectivity index (χ1) is 9.78. The first-order valence-electron chi connectivity index (χ1n) is 8.45. The van der Waals surface area contributed by atoms with Gasteiger partial charge in [-0.15, -0.1) is 0 Å². The summed E-state index contributed by atoms with van der Waals surface area (Å²) in [5.41, 5.74) is 0.118.